The van der Waals surface area contributed by atoms with Gasteiger partial charge >= 0.3 is 0 Å². The first-order valence-corrected chi connectivity index (χ1v) is 22.6. The van der Waals surface area contributed by atoms with Crippen molar-refractivity contribution >= 4 is 118 Å². The van der Waals surface area contributed by atoms with E-state index in [0.717, 1.165) is 0 Å². The Hall–Kier alpha value is -7.84. The van der Waals surface area contributed by atoms with Crippen molar-refractivity contribution in [3.05, 3.63) is 218 Å². The third-order valence-corrected chi connectivity index (χ3v) is 14.8. The molecule has 1 aromatic heterocycles. The first-order chi connectivity index (χ1) is 31.2. The molecule has 63 heavy (non-hydrogen) atoms. The Morgan fingerprint density at radius 2 is 0.651 bits per heavy atom. The van der Waals surface area contributed by atoms with Gasteiger partial charge in [0.25, 0.3) is 0 Å². The fourth-order valence-corrected chi connectivity index (χ4v) is 12.1. The molecule has 0 amide bonds. The lowest BCUT2D eigenvalue weighted by molar-refractivity contribution is 1.65. The summed E-state index contributed by atoms with van der Waals surface area (Å²) < 4.78 is 2.63. The number of fused-ring (bicyclic) bond motifs is 14. The molecular formula is C62H36S. The van der Waals surface area contributed by atoms with Crippen LogP contribution in [-0.2, 0) is 0 Å². The molecular weight excluding hydrogens is 777 g/mol. The molecule has 14 aromatic rings. The van der Waals surface area contributed by atoms with Crippen molar-refractivity contribution < 1.29 is 0 Å². The fraction of sp³-hybridized carbons (Fsp3) is 0. The molecule has 0 bridgehead atoms. The van der Waals surface area contributed by atoms with Crippen LogP contribution in [0.15, 0.2) is 218 Å². The summed E-state index contributed by atoms with van der Waals surface area (Å²) >= 11 is 1.91. The van der Waals surface area contributed by atoms with E-state index in [1.54, 1.807) is 0 Å². The van der Waals surface area contributed by atoms with E-state index < -0.39 is 0 Å². The van der Waals surface area contributed by atoms with Gasteiger partial charge in [0.1, 0.15) is 0 Å². The molecule has 0 unspecified atom stereocenters. The van der Waals surface area contributed by atoms with Gasteiger partial charge in [-0.2, -0.15) is 0 Å². The van der Waals surface area contributed by atoms with Crippen LogP contribution in [0.3, 0.4) is 0 Å². The van der Waals surface area contributed by atoms with Crippen LogP contribution in [0.2, 0.25) is 0 Å². The first kappa shape index (κ1) is 34.8. The normalized spacial score (nSPS) is 12.1. The number of thiophene rings is 1. The maximum absolute atomic E-state index is 2.48. The third-order valence-electron chi connectivity index (χ3n) is 13.7. The summed E-state index contributed by atoms with van der Waals surface area (Å²) in [6, 6.07) is 81.9. The van der Waals surface area contributed by atoms with E-state index >= 15 is 0 Å². The molecule has 0 atom stereocenters. The van der Waals surface area contributed by atoms with Crippen LogP contribution in [0.4, 0.5) is 0 Å². The highest BCUT2D eigenvalue weighted by atomic mass is 32.1. The van der Waals surface area contributed by atoms with Gasteiger partial charge in [-0.1, -0.05) is 176 Å². The largest absolute Gasteiger partial charge is 0.135 e. The highest BCUT2D eigenvalue weighted by Crippen LogP contribution is 2.49. The average molecular weight is 813 g/mol. The minimum atomic E-state index is 1.23. The molecule has 0 saturated heterocycles. The Kier molecular flexibility index (Phi) is 7.37. The lowest BCUT2D eigenvalue weighted by Crippen LogP contribution is -1.93. The average Bonchev–Trinajstić information content (AvgIpc) is 3.71. The van der Waals surface area contributed by atoms with Crippen molar-refractivity contribution in [1.29, 1.82) is 0 Å². The van der Waals surface area contributed by atoms with Gasteiger partial charge in [-0.05, 0) is 162 Å². The van der Waals surface area contributed by atoms with Gasteiger partial charge in [0.2, 0.25) is 0 Å². The standard InChI is InChI=1S/C62H36S/c1-2-14-37(15-3-1)40-26-28-45-43(30-40)31-41-18-6-7-19-44(41)61(45)62-51-24-12-10-22-49(51)60(50-23-11-13-25-52(50)62)42-27-29-48-57-35-55-54-33-39-17-5-4-16-38(39)32-53(54)46-20-8-9-21-47(46)56(55)36-59(57)63-58(48)34-42/h1-36H. The van der Waals surface area contributed by atoms with Gasteiger partial charge in [-0.25, -0.2) is 0 Å². The Morgan fingerprint density at radius 1 is 0.190 bits per heavy atom. The molecule has 0 aliphatic rings. The molecule has 290 valence electrons. The van der Waals surface area contributed by atoms with Crippen LogP contribution in [-0.4, -0.2) is 0 Å². The van der Waals surface area contributed by atoms with Crippen LogP contribution in [0, 0.1) is 0 Å². The predicted octanol–water partition coefficient (Wildman–Crippen LogP) is 18.3. The number of rotatable bonds is 3. The summed E-state index contributed by atoms with van der Waals surface area (Å²) in [6.45, 7) is 0. The summed E-state index contributed by atoms with van der Waals surface area (Å²) in [7, 11) is 0. The molecule has 0 spiro atoms. The highest BCUT2D eigenvalue weighted by molar-refractivity contribution is 7.26. The molecule has 0 nitrogen and oxygen atoms in total. The second-order valence-corrected chi connectivity index (χ2v) is 18.2. The summed E-state index contributed by atoms with van der Waals surface area (Å²) in [4.78, 5) is 0. The molecule has 0 saturated carbocycles. The Balaban J connectivity index is 1.02. The molecule has 1 heteroatoms. The fourth-order valence-electron chi connectivity index (χ4n) is 10.9. The Morgan fingerprint density at radius 3 is 1.33 bits per heavy atom. The van der Waals surface area contributed by atoms with E-state index in [0.29, 0.717) is 0 Å². The summed E-state index contributed by atoms with van der Waals surface area (Å²) in [5.41, 5.74) is 7.58. The van der Waals surface area contributed by atoms with E-state index in [9.17, 15) is 0 Å². The summed E-state index contributed by atoms with van der Waals surface area (Å²) in [5, 5.41) is 23.2. The summed E-state index contributed by atoms with van der Waals surface area (Å²) in [6.07, 6.45) is 0. The maximum Gasteiger partial charge on any atom is 0.0362 e. The lowest BCUT2D eigenvalue weighted by atomic mass is 9.82. The van der Waals surface area contributed by atoms with Gasteiger partial charge < -0.3 is 0 Å². The van der Waals surface area contributed by atoms with Gasteiger partial charge in [0, 0.05) is 20.2 Å². The summed E-state index contributed by atoms with van der Waals surface area (Å²) in [5.74, 6) is 0. The van der Waals surface area contributed by atoms with E-state index in [1.807, 2.05) is 11.3 Å². The molecule has 0 fully saturated rings. The lowest BCUT2D eigenvalue weighted by Gasteiger charge is -2.20. The van der Waals surface area contributed by atoms with Crippen molar-refractivity contribution in [3.8, 4) is 33.4 Å². The first-order valence-electron chi connectivity index (χ1n) is 21.8. The second kappa shape index (κ2) is 13.3. The van der Waals surface area contributed by atoms with Crippen LogP contribution in [0.1, 0.15) is 0 Å². The van der Waals surface area contributed by atoms with Crippen molar-refractivity contribution in [1.82, 2.24) is 0 Å². The topological polar surface area (TPSA) is 0 Å². The van der Waals surface area contributed by atoms with Crippen molar-refractivity contribution in [2.45, 2.75) is 0 Å². The van der Waals surface area contributed by atoms with Crippen LogP contribution in [0.25, 0.3) is 140 Å². The smallest absolute Gasteiger partial charge is 0.0362 e. The van der Waals surface area contributed by atoms with Gasteiger partial charge in [-0.15, -0.1) is 11.3 Å². The number of hydrogen-bond acceptors (Lipinski definition) is 1. The van der Waals surface area contributed by atoms with Crippen LogP contribution in [0.5, 0.6) is 0 Å². The zero-order valence-corrected chi connectivity index (χ0v) is 35.0. The molecule has 1 heterocycles. The van der Waals surface area contributed by atoms with Crippen molar-refractivity contribution in [3.63, 3.8) is 0 Å². The molecule has 0 N–H and O–H groups in total. The number of hydrogen-bond donors (Lipinski definition) is 0. The highest BCUT2D eigenvalue weighted by Gasteiger charge is 2.21. The molecule has 0 radical (unpaired) electrons. The minimum absolute atomic E-state index is 1.23. The van der Waals surface area contributed by atoms with Gasteiger partial charge in [0.15, 0.2) is 0 Å². The number of benzene rings is 13. The van der Waals surface area contributed by atoms with Gasteiger partial charge in [0.05, 0.1) is 0 Å². The Labute approximate surface area is 367 Å². The zero-order chi connectivity index (χ0) is 41.2. The Bertz CT molecular complexity index is 4190. The quantitative estimate of drug-likeness (QED) is 0.123. The SMILES string of the molecule is c1ccc(-c2ccc3c(-c4c5ccccc5c(-c5ccc6c(c5)sc5cc7c8ccccc8c8cc9ccccc9cc8c7cc56)c5ccccc45)c4ccccc4cc3c2)cc1. The maximum atomic E-state index is 2.48. The monoisotopic (exact) mass is 812 g/mol. The molecule has 13 aromatic carbocycles. The van der Waals surface area contributed by atoms with E-state index in [-0.39, 0.29) is 0 Å². The van der Waals surface area contributed by atoms with Crippen LogP contribution >= 0.6 is 11.3 Å². The molecule has 0 aliphatic heterocycles. The van der Waals surface area contributed by atoms with Gasteiger partial charge in [-0.3, -0.25) is 0 Å². The second-order valence-electron chi connectivity index (χ2n) is 17.1. The predicted molar refractivity (Wildman–Crippen MR) is 276 cm³/mol. The van der Waals surface area contributed by atoms with E-state index in [1.165, 1.54) is 140 Å². The van der Waals surface area contributed by atoms with E-state index in [2.05, 4.69) is 218 Å². The third kappa shape index (κ3) is 5.15. The zero-order valence-electron chi connectivity index (χ0n) is 34.2. The van der Waals surface area contributed by atoms with E-state index in [4.69, 9.17) is 0 Å². The minimum Gasteiger partial charge on any atom is -0.135 e. The van der Waals surface area contributed by atoms with Crippen LogP contribution < -0.4 is 0 Å². The van der Waals surface area contributed by atoms with Crippen molar-refractivity contribution in [2.75, 3.05) is 0 Å². The molecule has 0 aliphatic carbocycles. The van der Waals surface area contributed by atoms with Crippen molar-refractivity contribution in [2.24, 2.45) is 0 Å². The molecule has 14 rings (SSSR count).